The van der Waals surface area contributed by atoms with E-state index in [4.69, 9.17) is 9.88 Å². The van der Waals surface area contributed by atoms with Gasteiger partial charge in [0.2, 0.25) is 16.0 Å². The van der Waals surface area contributed by atoms with Gasteiger partial charge in [0.15, 0.2) is 0 Å². The van der Waals surface area contributed by atoms with E-state index >= 15 is 0 Å². The number of benzene rings is 1. The number of ether oxygens (including phenoxy) is 1. The summed E-state index contributed by atoms with van der Waals surface area (Å²) in [6.45, 7) is 5.71. The molecule has 8 heteroatoms. The number of hydrogen-bond donors (Lipinski definition) is 2. The van der Waals surface area contributed by atoms with Crippen LogP contribution in [-0.2, 0) is 10.0 Å². The van der Waals surface area contributed by atoms with Crippen molar-refractivity contribution in [1.82, 2.24) is 9.97 Å². The van der Waals surface area contributed by atoms with Crippen molar-refractivity contribution in [3.63, 3.8) is 0 Å². The summed E-state index contributed by atoms with van der Waals surface area (Å²) in [4.78, 5) is 9.10. The molecule has 0 aliphatic rings. The van der Waals surface area contributed by atoms with Gasteiger partial charge in [-0.1, -0.05) is 25.1 Å². The molecule has 2 rings (SSSR count). The van der Waals surface area contributed by atoms with Crippen molar-refractivity contribution < 1.29 is 13.2 Å². The number of nitrogens with zero attached hydrogens (tertiary/aromatic N) is 2. The second-order valence-corrected chi connectivity index (χ2v) is 8.49. The first-order valence-electron chi connectivity index (χ1n) is 9.13. The number of nitrogens with two attached hydrogens (primary N) is 1. The van der Waals surface area contributed by atoms with Gasteiger partial charge < -0.3 is 10.1 Å². The third-order valence-electron chi connectivity index (χ3n) is 4.28. The molecule has 1 unspecified atom stereocenters. The van der Waals surface area contributed by atoms with Crippen LogP contribution in [0.25, 0.3) is 11.3 Å². The Kier molecular flexibility index (Phi) is 7.53. The molecule has 152 valence electrons. The van der Waals surface area contributed by atoms with E-state index in [1.807, 2.05) is 57.2 Å². The van der Waals surface area contributed by atoms with Crippen LogP contribution in [0, 0.1) is 12.8 Å². The quantitative estimate of drug-likeness (QED) is 0.662. The average molecular weight is 405 g/mol. The smallest absolute Gasteiger partial charge is 0.227 e. The molecule has 2 aromatic rings. The van der Waals surface area contributed by atoms with Crippen molar-refractivity contribution in [2.75, 3.05) is 18.2 Å². The first kappa shape index (κ1) is 21.8. The zero-order valence-corrected chi connectivity index (χ0v) is 17.6. The summed E-state index contributed by atoms with van der Waals surface area (Å²) in [5.41, 5.74) is 3.42. The fourth-order valence-electron chi connectivity index (χ4n) is 2.92. The molecule has 0 aliphatic carbocycles. The standard InChI is InChI=1S/C20H28N4O3S/c1-5-16(11-10-14(2)13-28(21,25)26)23-20-22-15(3)12-18(24-20)17-8-6-7-9-19(17)27-4/h5-9,12,14H,10-11,13H2,1-4H3,(H2,21,25,26)(H,22,23,24)/b16-5+. The Hall–Kier alpha value is -2.45. The van der Waals surface area contributed by atoms with Gasteiger partial charge in [0.1, 0.15) is 5.75 Å². The molecular weight excluding hydrogens is 376 g/mol. The molecule has 0 saturated heterocycles. The highest BCUT2D eigenvalue weighted by atomic mass is 32.2. The molecule has 1 aromatic carbocycles. The molecule has 1 heterocycles. The monoisotopic (exact) mass is 404 g/mol. The summed E-state index contributed by atoms with van der Waals surface area (Å²) < 4.78 is 27.9. The number of hydrogen-bond acceptors (Lipinski definition) is 6. The van der Waals surface area contributed by atoms with Crippen LogP contribution in [0.15, 0.2) is 42.1 Å². The normalized spacial score (nSPS) is 13.2. The minimum Gasteiger partial charge on any atom is -0.496 e. The minimum absolute atomic E-state index is 0.0249. The molecule has 7 nitrogen and oxygen atoms in total. The summed E-state index contributed by atoms with van der Waals surface area (Å²) in [5.74, 6) is 1.18. The fraction of sp³-hybridized carbons (Fsp3) is 0.400. The first-order chi connectivity index (χ1) is 13.2. The first-order valence-corrected chi connectivity index (χ1v) is 10.8. The fourth-order valence-corrected chi connectivity index (χ4v) is 3.88. The number of aryl methyl sites for hydroxylation is 1. The maximum Gasteiger partial charge on any atom is 0.227 e. The van der Waals surface area contributed by atoms with Gasteiger partial charge in [-0.3, -0.25) is 0 Å². The second kappa shape index (κ2) is 9.66. The van der Waals surface area contributed by atoms with Gasteiger partial charge >= 0.3 is 0 Å². The lowest BCUT2D eigenvalue weighted by Gasteiger charge is -2.14. The van der Waals surface area contributed by atoms with E-state index in [-0.39, 0.29) is 11.7 Å². The Labute approximate surface area is 167 Å². The summed E-state index contributed by atoms with van der Waals surface area (Å²) in [5, 5.41) is 8.38. The number of primary sulfonamides is 1. The van der Waals surface area contributed by atoms with Crippen molar-refractivity contribution in [3.8, 4) is 17.0 Å². The van der Waals surface area contributed by atoms with E-state index in [2.05, 4.69) is 15.3 Å². The van der Waals surface area contributed by atoms with Gasteiger partial charge in [-0.15, -0.1) is 0 Å². The lowest BCUT2D eigenvalue weighted by molar-refractivity contribution is 0.416. The molecule has 0 fully saturated rings. The molecule has 0 aliphatic heterocycles. The van der Waals surface area contributed by atoms with Crippen molar-refractivity contribution in [1.29, 1.82) is 0 Å². The third kappa shape index (κ3) is 6.61. The van der Waals surface area contributed by atoms with E-state index in [1.165, 1.54) is 0 Å². The number of nitrogens with one attached hydrogen (secondary N) is 1. The number of anilines is 1. The second-order valence-electron chi connectivity index (χ2n) is 6.83. The van der Waals surface area contributed by atoms with Crippen molar-refractivity contribution >= 4 is 16.0 Å². The Morgan fingerprint density at radius 2 is 2.04 bits per heavy atom. The van der Waals surface area contributed by atoms with Crippen LogP contribution in [0.2, 0.25) is 0 Å². The molecular formula is C20H28N4O3S. The van der Waals surface area contributed by atoms with Gasteiger partial charge in [0.05, 0.1) is 18.6 Å². The zero-order chi connectivity index (χ0) is 20.7. The van der Waals surface area contributed by atoms with E-state index in [1.54, 1.807) is 7.11 Å². The van der Waals surface area contributed by atoms with Gasteiger partial charge in [-0.2, -0.15) is 0 Å². The molecule has 0 spiro atoms. The third-order valence-corrected chi connectivity index (χ3v) is 5.31. The number of allylic oxidation sites excluding steroid dienone is 2. The predicted molar refractivity (Wildman–Crippen MR) is 113 cm³/mol. The molecule has 0 saturated carbocycles. The molecule has 1 atom stereocenters. The molecule has 3 N–H and O–H groups in total. The molecule has 0 bridgehead atoms. The average Bonchev–Trinajstić information content (AvgIpc) is 2.63. The van der Waals surface area contributed by atoms with E-state index in [0.29, 0.717) is 18.8 Å². The van der Waals surface area contributed by atoms with Crippen molar-refractivity contribution in [2.45, 2.75) is 33.6 Å². The van der Waals surface area contributed by atoms with Crippen molar-refractivity contribution in [3.05, 3.63) is 47.8 Å². The van der Waals surface area contributed by atoms with E-state index in [0.717, 1.165) is 28.4 Å². The Balaban J connectivity index is 2.16. The highest BCUT2D eigenvalue weighted by Gasteiger charge is 2.13. The maximum atomic E-state index is 11.2. The van der Waals surface area contributed by atoms with Crippen LogP contribution in [0.1, 0.15) is 32.4 Å². The lowest BCUT2D eigenvalue weighted by Crippen LogP contribution is -2.21. The summed E-state index contributed by atoms with van der Waals surface area (Å²) in [7, 11) is -1.83. The Morgan fingerprint density at radius 3 is 2.68 bits per heavy atom. The number of sulfonamides is 1. The molecule has 0 radical (unpaired) electrons. The number of aromatic nitrogens is 2. The zero-order valence-electron chi connectivity index (χ0n) is 16.8. The SMILES string of the molecule is C/C=C(\CCC(C)CS(N)(=O)=O)Nc1nc(C)cc(-c2ccccc2OC)n1. The Morgan fingerprint density at radius 1 is 1.32 bits per heavy atom. The van der Waals surface area contributed by atoms with Crippen molar-refractivity contribution in [2.24, 2.45) is 11.1 Å². The number of rotatable bonds is 9. The number of methoxy groups -OCH3 is 1. The van der Waals surface area contributed by atoms with Gasteiger partial charge in [0, 0.05) is 17.0 Å². The largest absolute Gasteiger partial charge is 0.496 e. The maximum absolute atomic E-state index is 11.2. The summed E-state index contributed by atoms with van der Waals surface area (Å²) >= 11 is 0. The van der Waals surface area contributed by atoms with Crippen LogP contribution >= 0.6 is 0 Å². The highest BCUT2D eigenvalue weighted by molar-refractivity contribution is 7.89. The lowest BCUT2D eigenvalue weighted by atomic mass is 10.1. The molecule has 1 aromatic heterocycles. The molecule has 0 amide bonds. The van der Waals surface area contributed by atoms with Crippen LogP contribution in [0.5, 0.6) is 5.75 Å². The van der Waals surface area contributed by atoms with Gasteiger partial charge in [0.25, 0.3) is 0 Å². The van der Waals surface area contributed by atoms with E-state index < -0.39 is 10.0 Å². The topological polar surface area (TPSA) is 107 Å². The van der Waals surface area contributed by atoms with Crippen LogP contribution < -0.4 is 15.2 Å². The predicted octanol–water partition coefficient (Wildman–Crippen LogP) is 3.48. The summed E-state index contributed by atoms with van der Waals surface area (Å²) in [6.07, 6.45) is 3.31. The Bertz CT molecular complexity index is 942. The summed E-state index contributed by atoms with van der Waals surface area (Å²) in [6, 6.07) is 9.61. The minimum atomic E-state index is -3.46. The van der Waals surface area contributed by atoms with Crippen LogP contribution in [0.3, 0.4) is 0 Å². The number of para-hydroxylation sites is 1. The van der Waals surface area contributed by atoms with E-state index in [9.17, 15) is 8.42 Å². The van der Waals surface area contributed by atoms with Crippen LogP contribution in [-0.4, -0.2) is 31.2 Å². The van der Waals surface area contributed by atoms with Gasteiger partial charge in [-0.25, -0.2) is 23.5 Å². The molecule has 28 heavy (non-hydrogen) atoms. The van der Waals surface area contributed by atoms with Gasteiger partial charge in [-0.05, 0) is 50.8 Å². The van der Waals surface area contributed by atoms with Crippen LogP contribution in [0.4, 0.5) is 5.95 Å². The highest BCUT2D eigenvalue weighted by Crippen LogP contribution is 2.29.